The summed E-state index contributed by atoms with van der Waals surface area (Å²) >= 11 is 3.38. The average molecular weight is 527 g/mol. The zero-order chi connectivity index (χ0) is 23.3. The van der Waals surface area contributed by atoms with E-state index in [9.17, 15) is 22.4 Å². The van der Waals surface area contributed by atoms with Gasteiger partial charge in [-0.3, -0.25) is 14.5 Å². The lowest BCUT2D eigenvalue weighted by molar-refractivity contribution is -0.136. The predicted octanol–water partition coefficient (Wildman–Crippen LogP) is 1.96. The Morgan fingerprint density at radius 2 is 1.69 bits per heavy atom. The molecular formula is C21H24BrFN4O4S. The predicted molar refractivity (Wildman–Crippen MR) is 122 cm³/mol. The van der Waals surface area contributed by atoms with Crippen molar-refractivity contribution in [2.75, 3.05) is 44.6 Å². The Hall–Kier alpha value is -2.34. The Morgan fingerprint density at radius 1 is 1.03 bits per heavy atom. The minimum atomic E-state index is -3.67. The highest BCUT2D eigenvalue weighted by Gasteiger charge is 2.28. The summed E-state index contributed by atoms with van der Waals surface area (Å²) in [6.07, 6.45) is 0. The van der Waals surface area contributed by atoms with E-state index in [1.54, 1.807) is 18.2 Å². The summed E-state index contributed by atoms with van der Waals surface area (Å²) in [7, 11) is -3.67. The molecule has 172 valence electrons. The van der Waals surface area contributed by atoms with Crippen LogP contribution in [0.15, 0.2) is 51.8 Å². The molecule has 0 spiro atoms. The number of rotatable bonds is 6. The number of piperazine rings is 1. The van der Waals surface area contributed by atoms with Crippen molar-refractivity contribution in [2.24, 2.45) is 0 Å². The molecule has 1 aliphatic heterocycles. The van der Waals surface area contributed by atoms with Gasteiger partial charge in [-0.05, 0) is 55.0 Å². The molecule has 0 aromatic heterocycles. The number of carbonyl (C=O) groups is 2. The van der Waals surface area contributed by atoms with E-state index in [1.165, 1.54) is 16.4 Å². The van der Waals surface area contributed by atoms with Crippen LogP contribution in [0, 0.1) is 12.7 Å². The van der Waals surface area contributed by atoms with Gasteiger partial charge in [-0.15, -0.1) is 0 Å². The third-order valence-electron chi connectivity index (χ3n) is 5.12. The molecule has 1 aliphatic rings. The van der Waals surface area contributed by atoms with Crippen LogP contribution >= 0.6 is 15.9 Å². The molecule has 0 unspecified atom stereocenters. The van der Waals surface area contributed by atoms with Gasteiger partial charge in [0.1, 0.15) is 5.82 Å². The van der Waals surface area contributed by atoms with E-state index in [0.29, 0.717) is 25.3 Å². The summed E-state index contributed by atoms with van der Waals surface area (Å²) in [4.78, 5) is 26.2. The van der Waals surface area contributed by atoms with E-state index in [1.807, 2.05) is 11.8 Å². The molecule has 0 bridgehead atoms. The fourth-order valence-corrected chi connectivity index (χ4v) is 4.94. The number of benzene rings is 2. The standard InChI is InChI=1S/C21H24BrFN4O4S/c1-15-14-17(4-7-19(15)22)25-21(29)20(28)24-8-9-26-10-12-27(13-11-26)32(30,31)18-5-2-16(23)3-6-18/h2-7,14H,8-13H2,1H3,(H,24,28)(H,25,29). The smallest absolute Gasteiger partial charge is 0.313 e. The monoisotopic (exact) mass is 526 g/mol. The Labute approximate surface area is 195 Å². The van der Waals surface area contributed by atoms with Crippen molar-refractivity contribution in [1.29, 1.82) is 0 Å². The van der Waals surface area contributed by atoms with Gasteiger partial charge in [-0.2, -0.15) is 4.31 Å². The molecule has 2 aromatic carbocycles. The molecule has 1 fully saturated rings. The van der Waals surface area contributed by atoms with E-state index in [2.05, 4.69) is 26.6 Å². The van der Waals surface area contributed by atoms with Crippen molar-refractivity contribution in [3.63, 3.8) is 0 Å². The van der Waals surface area contributed by atoms with Gasteiger partial charge in [0.2, 0.25) is 10.0 Å². The fourth-order valence-electron chi connectivity index (χ4n) is 3.27. The van der Waals surface area contributed by atoms with E-state index in [4.69, 9.17) is 0 Å². The quantitative estimate of drug-likeness (QED) is 0.560. The Balaban J connectivity index is 1.42. The van der Waals surface area contributed by atoms with E-state index in [-0.39, 0.29) is 24.5 Å². The van der Waals surface area contributed by atoms with Gasteiger partial charge < -0.3 is 10.6 Å². The van der Waals surface area contributed by atoms with Crippen molar-refractivity contribution >= 4 is 43.5 Å². The second-order valence-corrected chi connectivity index (χ2v) is 10.2. The number of amides is 2. The van der Waals surface area contributed by atoms with E-state index >= 15 is 0 Å². The van der Waals surface area contributed by atoms with Crippen molar-refractivity contribution in [3.05, 3.63) is 58.3 Å². The topological polar surface area (TPSA) is 98.8 Å². The van der Waals surface area contributed by atoms with Gasteiger partial charge in [0.25, 0.3) is 0 Å². The molecule has 0 aliphatic carbocycles. The molecule has 3 rings (SSSR count). The minimum absolute atomic E-state index is 0.0617. The number of hydrogen-bond donors (Lipinski definition) is 2. The lowest BCUT2D eigenvalue weighted by atomic mass is 10.2. The third kappa shape index (κ3) is 6.12. The Morgan fingerprint density at radius 3 is 2.31 bits per heavy atom. The largest absolute Gasteiger partial charge is 0.347 e. The van der Waals surface area contributed by atoms with Crippen LogP contribution in [-0.4, -0.2) is 68.7 Å². The molecule has 8 nitrogen and oxygen atoms in total. The van der Waals surface area contributed by atoms with Crippen LogP contribution in [-0.2, 0) is 19.6 Å². The molecule has 2 aromatic rings. The first kappa shape index (κ1) is 24.3. The Kier molecular flexibility index (Phi) is 7.99. The highest BCUT2D eigenvalue weighted by atomic mass is 79.9. The molecular weight excluding hydrogens is 503 g/mol. The van der Waals surface area contributed by atoms with Crippen LogP contribution in [0.3, 0.4) is 0 Å². The number of anilines is 1. The highest BCUT2D eigenvalue weighted by molar-refractivity contribution is 9.10. The molecule has 0 radical (unpaired) electrons. The van der Waals surface area contributed by atoms with E-state index in [0.717, 1.165) is 22.2 Å². The number of aryl methyl sites for hydroxylation is 1. The van der Waals surface area contributed by atoms with Crippen LogP contribution in [0.4, 0.5) is 10.1 Å². The molecule has 1 saturated heterocycles. The second-order valence-electron chi connectivity index (χ2n) is 7.37. The molecule has 1 heterocycles. The summed E-state index contributed by atoms with van der Waals surface area (Å²) in [6, 6.07) is 10.0. The van der Waals surface area contributed by atoms with Gasteiger partial charge in [0.15, 0.2) is 0 Å². The fraction of sp³-hybridized carbons (Fsp3) is 0.333. The number of carbonyl (C=O) groups excluding carboxylic acids is 2. The zero-order valence-corrected chi connectivity index (χ0v) is 19.9. The number of nitrogens with one attached hydrogen (secondary N) is 2. The number of sulfonamides is 1. The minimum Gasteiger partial charge on any atom is -0.347 e. The maximum absolute atomic E-state index is 13.1. The molecule has 2 N–H and O–H groups in total. The zero-order valence-electron chi connectivity index (χ0n) is 17.5. The van der Waals surface area contributed by atoms with Crippen molar-refractivity contribution in [2.45, 2.75) is 11.8 Å². The first-order valence-corrected chi connectivity index (χ1v) is 12.2. The van der Waals surface area contributed by atoms with Crippen LogP contribution < -0.4 is 10.6 Å². The van der Waals surface area contributed by atoms with Crippen molar-refractivity contribution in [3.8, 4) is 0 Å². The first-order valence-electron chi connectivity index (χ1n) is 10.0. The van der Waals surface area contributed by atoms with Crippen LogP contribution in [0.2, 0.25) is 0 Å². The third-order valence-corrected chi connectivity index (χ3v) is 7.92. The van der Waals surface area contributed by atoms with Crippen molar-refractivity contribution < 1.29 is 22.4 Å². The highest BCUT2D eigenvalue weighted by Crippen LogP contribution is 2.20. The summed E-state index contributed by atoms with van der Waals surface area (Å²) < 4.78 is 40.6. The van der Waals surface area contributed by atoms with Gasteiger partial charge in [-0.1, -0.05) is 15.9 Å². The summed E-state index contributed by atoms with van der Waals surface area (Å²) in [6.45, 7) is 4.18. The van der Waals surface area contributed by atoms with Crippen LogP contribution in [0.1, 0.15) is 5.56 Å². The average Bonchev–Trinajstić information content (AvgIpc) is 2.77. The van der Waals surface area contributed by atoms with Gasteiger partial charge in [0.05, 0.1) is 4.90 Å². The SMILES string of the molecule is Cc1cc(NC(=O)C(=O)NCCN2CCN(S(=O)(=O)c3ccc(F)cc3)CC2)ccc1Br. The number of halogens is 2. The van der Waals surface area contributed by atoms with Crippen LogP contribution in [0.25, 0.3) is 0 Å². The summed E-state index contributed by atoms with van der Waals surface area (Å²) in [5, 5.41) is 5.14. The number of nitrogens with zero attached hydrogens (tertiary/aromatic N) is 2. The van der Waals surface area contributed by atoms with Gasteiger partial charge >= 0.3 is 11.8 Å². The van der Waals surface area contributed by atoms with Gasteiger partial charge in [-0.25, -0.2) is 12.8 Å². The number of hydrogen-bond acceptors (Lipinski definition) is 5. The molecule has 2 amide bonds. The van der Waals surface area contributed by atoms with Crippen LogP contribution in [0.5, 0.6) is 0 Å². The lowest BCUT2D eigenvalue weighted by Crippen LogP contribution is -2.50. The molecule has 11 heteroatoms. The second kappa shape index (κ2) is 10.5. The van der Waals surface area contributed by atoms with E-state index < -0.39 is 27.7 Å². The summed E-state index contributed by atoms with van der Waals surface area (Å²) in [5.74, 6) is -1.97. The Bertz CT molecular complexity index is 1090. The van der Waals surface area contributed by atoms with Crippen molar-refractivity contribution in [1.82, 2.24) is 14.5 Å². The first-order chi connectivity index (χ1) is 15.2. The van der Waals surface area contributed by atoms with Gasteiger partial charge in [0, 0.05) is 49.4 Å². The lowest BCUT2D eigenvalue weighted by Gasteiger charge is -2.33. The molecule has 32 heavy (non-hydrogen) atoms. The normalized spacial score (nSPS) is 15.3. The molecule has 0 atom stereocenters. The summed E-state index contributed by atoms with van der Waals surface area (Å²) in [5.41, 5.74) is 1.47. The maximum Gasteiger partial charge on any atom is 0.313 e. The molecule has 0 saturated carbocycles. The maximum atomic E-state index is 13.1.